The van der Waals surface area contributed by atoms with Gasteiger partial charge in [-0.25, -0.2) is 13.4 Å². The van der Waals surface area contributed by atoms with Gasteiger partial charge in [-0.1, -0.05) is 72.8 Å². The summed E-state index contributed by atoms with van der Waals surface area (Å²) in [5, 5.41) is 8.81. The monoisotopic (exact) mass is 566 g/mol. The average Bonchev–Trinajstić information content (AvgIpc) is 3.45. The third kappa shape index (κ3) is 5.55. The Hall–Kier alpha value is -3.85. The number of sulfonamides is 1. The molecule has 1 saturated heterocycles. The predicted molar refractivity (Wildman–Crippen MR) is 162 cm³/mol. The molecule has 1 fully saturated rings. The van der Waals surface area contributed by atoms with E-state index in [1.807, 2.05) is 67.3 Å². The van der Waals surface area contributed by atoms with Crippen molar-refractivity contribution in [3.63, 3.8) is 0 Å². The fourth-order valence-electron chi connectivity index (χ4n) is 5.63. The molecular formula is C33H34N4O3S. The Balaban J connectivity index is 1.18. The fourth-order valence-corrected chi connectivity index (χ4v) is 7.14. The summed E-state index contributed by atoms with van der Waals surface area (Å²) in [6, 6.07) is 29.7. The Bertz CT molecular complexity index is 1730. The van der Waals surface area contributed by atoms with Gasteiger partial charge in [0.25, 0.3) is 5.91 Å². The highest BCUT2D eigenvalue weighted by Gasteiger charge is 2.35. The number of nitrogens with zero attached hydrogens (tertiary/aromatic N) is 4. The Morgan fingerprint density at radius 3 is 2.24 bits per heavy atom. The number of hydrogen-bond donors (Lipinski definition) is 0. The van der Waals surface area contributed by atoms with Crippen LogP contribution in [0.4, 0.5) is 0 Å². The van der Waals surface area contributed by atoms with Crippen LogP contribution in [0.5, 0.6) is 0 Å². The van der Waals surface area contributed by atoms with Crippen LogP contribution < -0.4 is 0 Å². The minimum absolute atomic E-state index is 0.0832. The van der Waals surface area contributed by atoms with E-state index in [0.717, 1.165) is 33.4 Å². The van der Waals surface area contributed by atoms with Gasteiger partial charge in [-0.2, -0.15) is 9.41 Å². The Labute approximate surface area is 241 Å². The summed E-state index contributed by atoms with van der Waals surface area (Å²) in [5.74, 6) is -0.0832. The van der Waals surface area contributed by atoms with Crippen molar-refractivity contribution in [3.8, 4) is 0 Å². The Morgan fingerprint density at radius 1 is 0.805 bits per heavy atom. The molecule has 0 radical (unpaired) electrons. The molecule has 2 aliphatic rings. The lowest BCUT2D eigenvalue weighted by Crippen LogP contribution is -2.51. The van der Waals surface area contributed by atoms with Crippen molar-refractivity contribution in [2.75, 3.05) is 32.7 Å². The molecule has 6 rings (SSSR count). The zero-order valence-electron chi connectivity index (χ0n) is 23.4. The van der Waals surface area contributed by atoms with E-state index < -0.39 is 10.0 Å². The van der Waals surface area contributed by atoms with Crippen molar-refractivity contribution in [2.24, 2.45) is 5.10 Å². The summed E-state index contributed by atoms with van der Waals surface area (Å²) in [5.41, 5.74) is 4.98. The van der Waals surface area contributed by atoms with Gasteiger partial charge in [0.2, 0.25) is 10.0 Å². The van der Waals surface area contributed by atoms with Crippen LogP contribution in [0.25, 0.3) is 10.8 Å². The molecule has 2 heterocycles. The molecule has 41 heavy (non-hydrogen) atoms. The van der Waals surface area contributed by atoms with Crippen molar-refractivity contribution in [3.05, 3.63) is 113 Å². The SMILES string of the molecule is Cc1ccc(S(=O)(=O)N2CCN(CC(=O)N3N=C(c4ccc5ccccc5c4)C[C@H]3c3ccccc3)CC2)cc1C. The lowest BCUT2D eigenvalue weighted by molar-refractivity contribution is -0.134. The number of rotatable bonds is 6. The molecule has 0 unspecified atom stereocenters. The van der Waals surface area contributed by atoms with Crippen LogP contribution in [0, 0.1) is 13.8 Å². The summed E-state index contributed by atoms with van der Waals surface area (Å²) in [7, 11) is -3.58. The third-order valence-corrected chi connectivity index (χ3v) is 10.1. The van der Waals surface area contributed by atoms with Gasteiger partial charge in [0.05, 0.1) is 23.2 Å². The standard InChI is InChI=1S/C33H34N4O3S/c1-24-12-15-30(20-25(24)2)41(39,40)36-18-16-35(17-19-36)23-33(38)37-32(27-9-4-3-5-10-27)22-31(34-37)29-14-13-26-8-6-7-11-28(26)21-29/h3-15,20-21,32H,16-19,22-23H2,1-2H3/t32-/m0/s1. The summed E-state index contributed by atoms with van der Waals surface area (Å²) in [6.45, 7) is 5.75. The fraction of sp³-hybridized carbons (Fsp3) is 0.273. The van der Waals surface area contributed by atoms with E-state index in [1.54, 1.807) is 17.1 Å². The summed E-state index contributed by atoms with van der Waals surface area (Å²) in [4.78, 5) is 16.1. The van der Waals surface area contributed by atoms with Crippen LogP contribution in [-0.4, -0.2) is 67.0 Å². The van der Waals surface area contributed by atoms with Crippen LogP contribution in [0.1, 0.15) is 34.7 Å². The Kier molecular flexibility index (Phi) is 7.46. The Morgan fingerprint density at radius 2 is 1.51 bits per heavy atom. The molecule has 0 aromatic heterocycles. The second-order valence-electron chi connectivity index (χ2n) is 10.9. The molecule has 0 saturated carbocycles. The van der Waals surface area contributed by atoms with Crippen molar-refractivity contribution in [2.45, 2.75) is 31.2 Å². The van der Waals surface area contributed by atoms with E-state index in [2.05, 4.69) is 30.3 Å². The van der Waals surface area contributed by atoms with Gasteiger partial charge < -0.3 is 0 Å². The highest BCUT2D eigenvalue weighted by atomic mass is 32.2. The maximum atomic E-state index is 13.7. The summed E-state index contributed by atoms with van der Waals surface area (Å²) < 4.78 is 28.0. The molecule has 0 bridgehead atoms. The lowest BCUT2D eigenvalue weighted by atomic mass is 9.97. The van der Waals surface area contributed by atoms with Gasteiger partial charge in [0.15, 0.2) is 0 Å². The third-order valence-electron chi connectivity index (χ3n) is 8.24. The van der Waals surface area contributed by atoms with Crippen LogP contribution >= 0.6 is 0 Å². The van der Waals surface area contributed by atoms with E-state index in [9.17, 15) is 13.2 Å². The number of amides is 1. The maximum absolute atomic E-state index is 13.7. The summed E-state index contributed by atoms with van der Waals surface area (Å²) in [6.07, 6.45) is 0.635. The van der Waals surface area contributed by atoms with Crippen LogP contribution in [0.2, 0.25) is 0 Å². The number of piperazine rings is 1. The molecule has 8 heteroatoms. The van der Waals surface area contributed by atoms with E-state index in [4.69, 9.17) is 5.10 Å². The number of carbonyl (C=O) groups excluding carboxylic acids is 1. The normalized spacial score (nSPS) is 18.5. The number of benzene rings is 4. The number of aryl methyl sites for hydroxylation is 2. The molecule has 1 atom stereocenters. The van der Waals surface area contributed by atoms with E-state index in [1.165, 1.54) is 9.69 Å². The van der Waals surface area contributed by atoms with Gasteiger partial charge in [-0.05, 0) is 65.1 Å². The van der Waals surface area contributed by atoms with E-state index >= 15 is 0 Å². The van der Waals surface area contributed by atoms with E-state index in [-0.39, 0.29) is 18.5 Å². The van der Waals surface area contributed by atoms with Gasteiger partial charge >= 0.3 is 0 Å². The van der Waals surface area contributed by atoms with Crippen molar-refractivity contribution in [1.29, 1.82) is 0 Å². The van der Waals surface area contributed by atoms with Crippen LogP contribution in [-0.2, 0) is 14.8 Å². The maximum Gasteiger partial charge on any atom is 0.257 e. The molecule has 210 valence electrons. The van der Waals surface area contributed by atoms with Gasteiger partial charge in [-0.3, -0.25) is 9.69 Å². The topological polar surface area (TPSA) is 73.3 Å². The number of carbonyl (C=O) groups is 1. The van der Waals surface area contributed by atoms with E-state index in [0.29, 0.717) is 37.5 Å². The molecule has 2 aliphatic heterocycles. The minimum atomic E-state index is -3.58. The van der Waals surface area contributed by atoms with Crippen molar-refractivity contribution < 1.29 is 13.2 Å². The van der Waals surface area contributed by atoms with Crippen LogP contribution in [0.3, 0.4) is 0 Å². The molecule has 7 nitrogen and oxygen atoms in total. The zero-order chi connectivity index (χ0) is 28.6. The first-order chi connectivity index (χ1) is 19.8. The molecule has 4 aromatic carbocycles. The number of fused-ring (bicyclic) bond motifs is 1. The highest BCUT2D eigenvalue weighted by molar-refractivity contribution is 7.89. The zero-order valence-corrected chi connectivity index (χ0v) is 24.2. The second kappa shape index (κ2) is 11.2. The van der Waals surface area contributed by atoms with Crippen LogP contribution in [0.15, 0.2) is 101 Å². The number of hydrazone groups is 1. The predicted octanol–water partition coefficient (Wildman–Crippen LogP) is 5.14. The highest BCUT2D eigenvalue weighted by Crippen LogP contribution is 2.33. The van der Waals surface area contributed by atoms with Gasteiger partial charge in [-0.15, -0.1) is 0 Å². The van der Waals surface area contributed by atoms with Crippen molar-refractivity contribution >= 4 is 32.4 Å². The summed E-state index contributed by atoms with van der Waals surface area (Å²) >= 11 is 0. The van der Waals surface area contributed by atoms with Gasteiger partial charge in [0, 0.05) is 32.6 Å². The molecule has 0 N–H and O–H groups in total. The molecule has 0 spiro atoms. The molecular weight excluding hydrogens is 532 g/mol. The second-order valence-corrected chi connectivity index (χ2v) is 12.8. The first-order valence-corrected chi connectivity index (χ1v) is 15.5. The largest absolute Gasteiger partial charge is 0.292 e. The first kappa shape index (κ1) is 27.3. The molecule has 0 aliphatic carbocycles. The quantitative estimate of drug-likeness (QED) is 0.324. The molecule has 4 aromatic rings. The van der Waals surface area contributed by atoms with Crippen molar-refractivity contribution in [1.82, 2.24) is 14.2 Å². The lowest BCUT2D eigenvalue weighted by Gasteiger charge is -2.34. The smallest absolute Gasteiger partial charge is 0.257 e. The van der Waals surface area contributed by atoms with Gasteiger partial charge in [0.1, 0.15) is 0 Å². The molecule has 1 amide bonds. The number of hydrogen-bond acceptors (Lipinski definition) is 5. The first-order valence-electron chi connectivity index (χ1n) is 14.0. The average molecular weight is 567 g/mol. The minimum Gasteiger partial charge on any atom is -0.292 e.